The van der Waals surface area contributed by atoms with E-state index in [-0.39, 0.29) is 0 Å². The Morgan fingerprint density at radius 3 is 2.76 bits per heavy atom. The highest BCUT2D eigenvalue weighted by Crippen LogP contribution is 2.34. The summed E-state index contributed by atoms with van der Waals surface area (Å²) in [7, 11) is 2.29. The first-order valence-electron chi connectivity index (χ1n) is 6.67. The summed E-state index contributed by atoms with van der Waals surface area (Å²) in [6.07, 6.45) is 9.20. The summed E-state index contributed by atoms with van der Waals surface area (Å²) in [6, 6.07) is 6.49. The van der Waals surface area contributed by atoms with Gasteiger partial charge in [0.1, 0.15) is 0 Å². The van der Waals surface area contributed by atoms with E-state index in [2.05, 4.69) is 28.3 Å². The van der Waals surface area contributed by atoms with E-state index in [1.807, 2.05) is 18.5 Å². The molecule has 0 aliphatic carbocycles. The monoisotopic (exact) mass is 231 g/mol. The quantitative estimate of drug-likeness (QED) is 0.859. The molecule has 2 saturated heterocycles. The number of piperidine rings is 1. The molecule has 92 valence electrons. The Balaban J connectivity index is 1.54. The van der Waals surface area contributed by atoms with Crippen LogP contribution in [0.1, 0.15) is 31.2 Å². The van der Waals surface area contributed by atoms with Gasteiger partial charge in [-0.15, -0.1) is 0 Å². The largest absolute Gasteiger partial charge is 0.310 e. The second-order valence-electron chi connectivity index (χ2n) is 5.46. The third-order valence-corrected chi connectivity index (χ3v) is 4.42. The maximum atomic E-state index is 4.15. The molecule has 0 unspecified atom stereocenters. The Kier molecular flexibility index (Phi) is 3.12. The number of rotatable bonds is 3. The Bertz CT molecular complexity index is 351. The number of aromatic nitrogens is 1. The molecule has 3 nitrogen and oxygen atoms in total. The molecule has 0 radical (unpaired) electrons. The minimum absolute atomic E-state index is 0.698. The third-order valence-electron chi connectivity index (χ3n) is 4.42. The van der Waals surface area contributed by atoms with Gasteiger partial charge in [-0.25, -0.2) is 0 Å². The van der Waals surface area contributed by atoms with Crippen LogP contribution in [-0.2, 0) is 6.54 Å². The van der Waals surface area contributed by atoms with Gasteiger partial charge >= 0.3 is 0 Å². The molecule has 1 aromatic rings. The van der Waals surface area contributed by atoms with Crippen LogP contribution in [0.3, 0.4) is 0 Å². The van der Waals surface area contributed by atoms with Crippen LogP contribution in [0.4, 0.5) is 0 Å². The molecule has 0 amide bonds. The van der Waals surface area contributed by atoms with Crippen molar-refractivity contribution >= 4 is 0 Å². The van der Waals surface area contributed by atoms with Crippen LogP contribution in [0.2, 0.25) is 0 Å². The lowest BCUT2D eigenvalue weighted by molar-refractivity contribution is 0.148. The lowest BCUT2D eigenvalue weighted by Crippen LogP contribution is -2.46. The zero-order valence-electron chi connectivity index (χ0n) is 10.5. The van der Waals surface area contributed by atoms with E-state index in [9.17, 15) is 0 Å². The lowest BCUT2D eigenvalue weighted by atomic mass is 9.98. The molecule has 2 bridgehead atoms. The van der Waals surface area contributed by atoms with Crippen LogP contribution in [0.25, 0.3) is 0 Å². The second-order valence-corrected chi connectivity index (χ2v) is 5.46. The van der Waals surface area contributed by atoms with Gasteiger partial charge < -0.3 is 10.2 Å². The van der Waals surface area contributed by atoms with E-state index < -0.39 is 0 Å². The first-order chi connectivity index (χ1) is 8.33. The highest BCUT2D eigenvalue weighted by Gasteiger charge is 2.37. The molecule has 0 aromatic carbocycles. The summed E-state index contributed by atoms with van der Waals surface area (Å²) >= 11 is 0. The Morgan fingerprint density at radius 2 is 2.12 bits per heavy atom. The number of nitrogens with one attached hydrogen (secondary N) is 1. The van der Waals surface area contributed by atoms with E-state index >= 15 is 0 Å². The number of hydrogen-bond donors (Lipinski definition) is 1. The number of pyridine rings is 1. The molecule has 2 atom stereocenters. The van der Waals surface area contributed by atoms with Gasteiger partial charge in [-0.1, -0.05) is 6.07 Å². The molecule has 3 heterocycles. The molecule has 2 aliphatic heterocycles. The van der Waals surface area contributed by atoms with Gasteiger partial charge in [-0.2, -0.15) is 0 Å². The average molecular weight is 231 g/mol. The molecule has 3 heteroatoms. The van der Waals surface area contributed by atoms with Gasteiger partial charge in [0.15, 0.2) is 0 Å². The minimum Gasteiger partial charge on any atom is -0.310 e. The molecule has 1 N–H and O–H groups in total. The Hall–Kier alpha value is -0.930. The van der Waals surface area contributed by atoms with Gasteiger partial charge in [0, 0.05) is 37.1 Å². The van der Waals surface area contributed by atoms with Gasteiger partial charge in [0.25, 0.3) is 0 Å². The fraction of sp³-hybridized carbons (Fsp3) is 0.643. The van der Waals surface area contributed by atoms with Crippen molar-refractivity contribution in [1.29, 1.82) is 0 Å². The number of hydrogen-bond acceptors (Lipinski definition) is 3. The number of nitrogens with zero attached hydrogens (tertiary/aromatic N) is 2. The first-order valence-corrected chi connectivity index (χ1v) is 6.67. The lowest BCUT2D eigenvalue weighted by Gasteiger charge is -2.36. The zero-order valence-corrected chi connectivity index (χ0v) is 10.5. The molecular formula is C14H21N3. The van der Waals surface area contributed by atoms with E-state index in [4.69, 9.17) is 0 Å². The van der Waals surface area contributed by atoms with E-state index in [1.165, 1.54) is 31.2 Å². The van der Waals surface area contributed by atoms with Crippen LogP contribution in [0.15, 0.2) is 24.5 Å². The molecule has 2 fully saturated rings. The van der Waals surface area contributed by atoms with E-state index in [1.54, 1.807) is 0 Å². The van der Waals surface area contributed by atoms with Crippen LogP contribution >= 0.6 is 0 Å². The van der Waals surface area contributed by atoms with E-state index in [0.717, 1.165) is 18.6 Å². The zero-order chi connectivity index (χ0) is 11.7. The molecule has 3 rings (SSSR count). The van der Waals surface area contributed by atoms with Gasteiger partial charge in [0.05, 0.1) is 0 Å². The van der Waals surface area contributed by atoms with Crippen molar-refractivity contribution in [3.63, 3.8) is 0 Å². The maximum Gasteiger partial charge on any atom is 0.0312 e. The van der Waals surface area contributed by atoms with Crippen molar-refractivity contribution in [3.8, 4) is 0 Å². The molecule has 0 spiro atoms. The molecule has 1 aromatic heterocycles. The van der Waals surface area contributed by atoms with Gasteiger partial charge in [-0.3, -0.25) is 4.98 Å². The standard InChI is InChI=1S/C14H21N3/c1-17-13-4-5-14(17)8-12(7-13)16-10-11-3-2-6-15-9-11/h2-3,6,9,12-14,16H,4-5,7-8,10H2,1H3/t13-,14-/m0/s1. The van der Waals surface area contributed by atoms with E-state index in [0.29, 0.717) is 6.04 Å². The van der Waals surface area contributed by atoms with Gasteiger partial charge in [0.2, 0.25) is 0 Å². The maximum absolute atomic E-state index is 4.15. The topological polar surface area (TPSA) is 28.2 Å². The summed E-state index contributed by atoms with van der Waals surface area (Å²) in [5, 5.41) is 3.69. The van der Waals surface area contributed by atoms with Crippen LogP contribution in [0, 0.1) is 0 Å². The fourth-order valence-electron chi connectivity index (χ4n) is 3.34. The fourth-order valence-corrected chi connectivity index (χ4v) is 3.34. The minimum atomic E-state index is 0.698. The molecular weight excluding hydrogens is 210 g/mol. The summed E-state index contributed by atoms with van der Waals surface area (Å²) in [6.45, 7) is 0.960. The van der Waals surface area contributed by atoms with Crippen molar-refractivity contribution in [1.82, 2.24) is 15.2 Å². The molecule has 2 aliphatic rings. The third kappa shape index (κ3) is 2.35. The SMILES string of the molecule is CN1[C@H]2CC[C@H]1CC(NCc1cccnc1)C2. The summed E-state index contributed by atoms with van der Waals surface area (Å²) in [5.41, 5.74) is 1.29. The normalized spacial score (nSPS) is 32.9. The van der Waals surface area contributed by atoms with Crippen molar-refractivity contribution in [3.05, 3.63) is 30.1 Å². The summed E-state index contributed by atoms with van der Waals surface area (Å²) < 4.78 is 0. The smallest absolute Gasteiger partial charge is 0.0312 e. The van der Waals surface area contributed by atoms with Crippen molar-refractivity contribution in [2.75, 3.05) is 7.05 Å². The molecule has 0 saturated carbocycles. The van der Waals surface area contributed by atoms with Crippen LogP contribution in [-0.4, -0.2) is 35.1 Å². The van der Waals surface area contributed by atoms with Crippen molar-refractivity contribution in [2.24, 2.45) is 0 Å². The van der Waals surface area contributed by atoms with Gasteiger partial charge in [-0.05, 0) is 44.4 Å². The number of fused-ring (bicyclic) bond motifs is 2. The Labute approximate surface area is 103 Å². The second kappa shape index (κ2) is 4.75. The Morgan fingerprint density at radius 1 is 1.35 bits per heavy atom. The van der Waals surface area contributed by atoms with Crippen LogP contribution < -0.4 is 5.32 Å². The predicted octanol–water partition coefficient (Wildman–Crippen LogP) is 1.80. The highest BCUT2D eigenvalue weighted by molar-refractivity contribution is 5.08. The average Bonchev–Trinajstić information content (AvgIpc) is 2.61. The summed E-state index contributed by atoms with van der Waals surface area (Å²) in [5.74, 6) is 0. The van der Waals surface area contributed by atoms with Crippen molar-refractivity contribution in [2.45, 2.75) is 50.4 Å². The predicted molar refractivity (Wildman–Crippen MR) is 68.7 cm³/mol. The van der Waals surface area contributed by atoms with Crippen LogP contribution in [0.5, 0.6) is 0 Å². The molecule has 17 heavy (non-hydrogen) atoms. The summed E-state index contributed by atoms with van der Waals surface area (Å²) in [4.78, 5) is 6.74. The van der Waals surface area contributed by atoms with Crippen molar-refractivity contribution < 1.29 is 0 Å². The highest BCUT2D eigenvalue weighted by atomic mass is 15.2. The first kappa shape index (κ1) is 11.2.